The fourth-order valence-electron chi connectivity index (χ4n) is 0.660. The predicted octanol–water partition coefficient (Wildman–Crippen LogP) is 1.86. The van der Waals surface area contributed by atoms with Crippen LogP contribution >= 0.6 is 0 Å². The van der Waals surface area contributed by atoms with E-state index in [1.54, 1.807) is 6.21 Å². The molecule has 57 valence electrons. The van der Waals surface area contributed by atoms with Gasteiger partial charge in [-0.2, -0.15) is 0 Å². The average Bonchev–Trinajstić information content (AvgIpc) is 2.07. The van der Waals surface area contributed by atoms with Crippen LogP contribution < -0.4 is 0 Å². The van der Waals surface area contributed by atoms with Gasteiger partial charge in [-0.05, 0) is 24.6 Å². The number of rotatable bonds is 3. The summed E-state index contributed by atoms with van der Waals surface area (Å²) in [6.07, 6.45) is 1.67. The van der Waals surface area contributed by atoms with Gasteiger partial charge in [-0.3, -0.25) is 0 Å². The number of benzene rings is 1. The molecule has 2 nitrogen and oxygen atoms in total. The highest BCUT2D eigenvalue weighted by Crippen LogP contribution is 1.92. The third kappa shape index (κ3) is 2.85. The maximum Gasteiger partial charge on any atom is 0.114 e. The molecule has 1 radical (unpaired) electrons. The van der Waals surface area contributed by atoms with Gasteiger partial charge in [0, 0.05) is 0 Å². The van der Waals surface area contributed by atoms with Gasteiger partial charge in [-0.1, -0.05) is 23.4 Å². The van der Waals surface area contributed by atoms with Gasteiger partial charge in [0.1, 0.15) is 6.61 Å². The molecule has 11 heavy (non-hydrogen) atoms. The zero-order valence-electron chi connectivity index (χ0n) is 6.45. The van der Waals surface area contributed by atoms with Crippen molar-refractivity contribution in [2.75, 3.05) is 6.61 Å². The molecule has 0 N–H and O–H groups in total. The Kier molecular flexibility index (Phi) is 3.19. The predicted molar refractivity (Wildman–Crippen MR) is 44.5 cm³/mol. The molecule has 1 rings (SSSR count). The topological polar surface area (TPSA) is 21.6 Å². The lowest BCUT2D eigenvalue weighted by atomic mass is 10.2. The van der Waals surface area contributed by atoms with Crippen LogP contribution in [0.25, 0.3) is 0 Å². The van der Waals surface area contributed by atoms with Crippen molar-refractivity contribution < 1.29 is 4.84 Å². The van der Waals surface area contributed by atoms with Crippen LogP contribution in [0.4, 0.5) is 0 Å². The van der Waals surface area contributed by atoms with Gasteiger partial charge in [0.25, 0.3) is 0 Å². The number of oxime groups is 1. The molecule has 0 unspecified atom stereocenters. The van der Waals surface area contributed by atoms with Crippen LogP contribution in [-0.2, 0) is 4.84 Å². The lowest BCUT2D eigenvalue weighted by Gasteiger charge is -1.90. The van der Waals surface area contributed by atoms with Crippen molar-refractivity contribution in [2.24, 2.45) is 5.16 Å². The first kappa shape index (κ1) is 7.79. The van der Waals surface area contributed by atoms with Gasteiger partial charge in [0.2, 0.25) is 0 Å². The van der Waals surface area contributed by atoms with E-state index in [-0.39, 0.29) is 0 Å². The van der Waals surface area contributed by atoms with Gasteiger partial charge >= 0.3 is 0 Å². The van der Waals surface area contributed by atoms with Crippen molar-refractivity contribution in [1.82, 2.24) is 0 Å². The van der Waals surface area contributed by atoms with Gasteiger partial charge in [-0.15, -0.1) is 0 Å². The zero-order chi connectivity index (χ0) is 7.94. The summed E-state index contributed by atoms with van der Waals surface area (Å²) in [5.41, 5.74) is 1.00. The molecule has 0 aliphatic carbocycles. The van der Waals surface area contributed by atoms with Crippen molar-refractivity contribution in [3.8, 4) is 0 Å². The van der Waals surface area contributed by atoms with Crippen molar-refractivity contribution >= 4 is 6.21 Å². The highest BCUT2D eigenvalue weighted by Gasteiger charge is 1.82. The maximum atomic E-state index is 4.79. The van der Waals surface area contributed by atoms with Crippen LogP contribution in [0.3, 0.4) is 0 Å². The molecule has 0 bridgehead atoms. The van der Waals surface area contributed by atoms with Crippen LogP contribution in [-0.4, -0.2) is 12.8 Å². The third-order valence-corrected chi connectivity index (χ3v) is 1.14. The van der Waals surface area contributed by atoms with Crippen LogP contribution in [0.15, 0.2) is 29.4 Å². The molecular weight excluding hydrogens is 138 g/mol. The molecule has 0 fully saturated rings. The molecule has 0 saturated heterocycles. The Hall–Kier alpha value is -1.31. The number of hydrogen-bond donors (Lipinski definition) is 0. The first-order valence-corrected chi connectivity index (χ1v) is 3.55. The molecule has 0 heterocycles. The van der Waals surface area contributed by atoms with E-state index in [9.17, 15) is 0 Å². The summed E-state index contributed by atoms with van der Waals surface area (Å²) in [6, 6.07) is 10.5. The van der Waals surface area contributed by atoms with Crippen LogP contribution in [0, 0.1) is 6.07 Å². The molecule has 0 aliphatic rings. The van der Waals surface area contributed by atoms with Crippen molar-refractivity contribution in [3.63, 3.8) is 0 Å². The van der Waals surface area contributed by atoms with Crippen molar-refractivity contribution in [2.45, 2.75) is 6.92 Å². The molecule has 1 aromatic carbocycles. The second kappa shape index (κ2) is 4.50. The fraction of sp³-hybridized carbons (Fsp3) is 0.222. The van der Waals surface area contributed by atoms with Gasteiger partial charge in [-0.25, -0.2) is 0 Å². The Morgan fingerprint density at radius 3 is 3.27 bits per heavy atom. The van der Waals surface area contributed by atoms with Gasteiger partial charge in [0.15, 0.2) is 0 Å². The number of hydrogen-bond acceptors (Lipinski definition) is 2. The summed E-state index contributed by atoms with van der Waals surface area (Å²) in [5.74, 6) is 0. The van der Waals surface area contributed by atoms with Gasteiger partial charge < -0.3 is 4.84 Å². The molecule has 1 aromatic rings. The highest BCUT2D eigenvalue weighted by molar-refractivity contribution is 5.78. The minimum atomic E-state index is 0.604. The largest absolute Gasteiger partial charge is 0.396 e. The Balaban J connectivity index is 2.50. The molecule has 0 aliphatic heterocycles. The minimum Gasteiger partial charge on any atom is -0.396 e. The standard InChI is InChI=1S/C9H10NO/c1-2-11-10-8-9-6-4-3-5-7-9/h3-4,6-8H,2H2,1H3. The smallest absolute Gasteiger partial charge is 0.114 e. The van der Waals surface area contributed by atoms with E-state index in [2.05, 4.69) is 11.2 Å². The summed E-state index contributed by atoms with van der Waals surface area (Å²) >= 11 is 0. The van der Waals surface area contributed by atoms with E-state index in [0.717, 1.165) is 5.56 Å². The Morgan fingerprint density at radius 1 is 1.73 bits per heavy atom. The fourth-order valence-corrected chi connectivity index (χ4v) is 0.660. The molecule has 0 saturated carbocycles. The molecule has 0 spiro atoms. The van der Waals surface area contributed by atoms with Crippen LogP contribution in [0.5, 0.6) is 0 Å². The lowest BCUT2D eigenvalue weighted by molar-refractivity contribution is 0.160. The monoisotopic (exact) mass is 148 g/mol. The molecular formula is C9H10NO. The van der Waals surface area contributed by atoms with E-state index in [0.29, 0.717) is 6.61 Å². The first-order chi connectivity index (χ1) is 5.43. The molecule has 0 aromatic heterocycles. The van der Waals surface area contributed by atoms with Crippen molar-refractivity contribution in [3.05, 3.63) is 35.9 Å². The zero-order valence-corrected chi connectivity index (χ0v) is 6.45. The molecule has 0 atom stereocenters. The summed E-state index contributed by atoms with van der Waals surface area (Å²) < 4.78 is 0. The maximum absolute atomic E-state index is 4.79. The summed E-state index contributed by atoms with van der Waals surface area (Å²) in [7, 11) is 0. The Morgan fingerprint density at radius 2 is 2.64 bits per heavy atom. The first-order valence-electron chi connectivity index (χ1n) is 3.55. The Labute approximate surface area is 66.5 Å². The SMILES string of the molecule is CCON=Cc1c[c]ccc1. The van der Waals surface area contributed by atoms with E-state index in [1.165, 1.54) is 0 Å². The summed E-state index contributed by atoms with van der Waals surface area (Å²) in [6.45, 7) is 2.50. The summed E-state index contributed by atoms with van der Waals surface area (Å²) in [4.78, 5) is 4.79. The second-order valence-corrected chi connectivity index (χ2v) is 1.99. The average molecular weight is 148 g/mol. The quantitative estimate of drug-likeness (QED) is 0.473. The number of nitrogens with zero attached hydrogens (tertiary/aromatic N) is 1. The van der Waals surface area contributed by atoms with Crippen LogP contribution in [0.2, 0.25) is 0 Å². The van der Waals surface area contributed by atoms with Crippen molar-refractivity contribution in [1.29, 1.82) is 0 Å². The van der Waals surface area contributed by atoms with E-state index >= 15 is 0 Å². The Bertz CT molecular complexity index is 218. The molecule has 0 amide bonds. The van der Waals surface area contributed by atoms with Crippen LogP contribution in [0.1, 0.15) is 12.5 Å². The normalized spacial score (nSPS) is 10.3. The van der Waals surface area contributed by atoms with E-state index in [4.69, 9.17) is 4.84 Å². The minimum absolute atomic E-state index is 0.604. The second-order valence-electron chi connectivity index (χ2n) is 1.99. The lowest BCUT2D eigenvalue weighted by Crippen LogP contribution is -1.82. The van der Waals surface area contributed by atoms with E-state index < -0.39 is 0 Å². The summed E-state index contributed by atoms with van der Waals surface area (Å²) in [5, 5.41) is 3.72. The molecule has 2 heteroatoms. The third-order valence-electron chi connectivity index (χ3n) is 1.14. The highest BCUT2D eigenvalue weighted by atomic mass is 16.6. The van der Waals surface area contributed by atoms with Gasteiger partial charge in [0.05, 0.1) is 6.21 Å². The van der Waals surface area contributed by atoms with E-state index in [1.807, 2.05) is 31.2 Å².